The standard InChI is InChI=1S/C14H17N3S/c1-10-14(15-9-11-5-4-8-18-11)17-13-7-3-2-6-12(13)16-10/h2-3,6-7,11H,4-5,8-9H2,1H3,(H,15,17). The van der Waals surface area contributed by atoms with Gasteiger partial charge in [0.15, 0.2) is 0 Å². The highest BCUT2D eigenvalue weighted by molar-refractivity contribution is 8.00. The summed E-state index contributed by atoms with van der Waals surface area (Å²) in [6.45, 7) is 3.02. The molecule has 1 aromatic heterocycles. The lowest BCUT2D eigenvalue weighted by Gasteiger charge is -2.12. The van der Waals surface area contributed by atoms with Gasteiger partial charge in [0.1, 0.15) is 5.82 Å². The summed E-state index contributed by atoms with van der Waals surface area (Å²) in [6.07, 6.45) is 2.66. The van der Waals surface area contributed by atoms with Crippen LogP contribution in [0.2, 0.25) is 0 Å². The minimum atomic E-state index is 0.734. The molecule has 1 N–H and O–H groups in total. The van der Waals surface area contributed by atoms with Gasteiger partial charge >= 0.3 is 0 Å². The van der Waals surface area contributed by atoms with Crippen molar-refractivity contribution in [3.05, 3.63) is 30.0 Å². The second-order valence-corrected chi connectivity index (χ2v) is 6.07. The van der Waals surface area contributed by atoms with E-state index in [1.165, 1.54) is 18.6 Å². The maximum absolute atomic E-state index is 4.65. The van der Waals surface area contributed by atoms with E-state index in [0.29, 0.717) is 0 Å². The molecule has 1 fully saturated rings. The highest BCUT2D eigenvalue weighted by Gasteiger charge is 2.15. The quantitative estimate of drug-likeness (QED) is 0.918. The summed E-state index contributed by atoms with van der Waals surface area (Å²) in [7, 11) is 0. The molecule has 1 atom stereocenters. The summed E-state index contributed by atoms with van der Waals surface area (Å²) < 4.78 is 0. The van der Waals surface area contributed by atoms with Gasteiger partial charge in [0, 0.05) is 11.8 Å². The second kappa shape index (κ2) is 5.14. The van der Waals surface area contributed by atoms with E-state index in [1.807, 2.05) is 31.2 Å². The van der Waals surface area contributed by atoms with Gasteiger partial charge in [-0.1, -0.05) is 12.1 Å². The Labute approximate surface area is 111 Å². The molecule has 0 spiro atoms. The maximum atomic E-state index is 4.65. The third-order valence-corrected chi connectivity index (χ3v) is 4.66. The van der Waals surface area contributed by atoms with Crippen LogP contribution in [0.3, 0.4) is 0 Å². The number of rotatable bonds is 3. The number of benzene rings is 1. The predicted octanol–water partition coefficient (Wildman–Crippen LogP) is 3.25. The van der Waals surface area contributed by atoms with E-state index >= 15 is 0 Å². The van der Waals surface area contributed by atoms with Crippen molar-refractivity contribution in [3.8, 4) is 0 Å². The van der Waals surface area contributed by atoms with Crippen molar-refractivity contribution >= 4 is 28.6 Å². The third-order valence-electron chi connectivity index (χ3n) is 3.27. The SMILES string of the molecule is Cc1nc2ccccc2nc1NCC1CCCS1. The summed E-state index contributed by atoms with van der Waals surface area (Å²) in [5, 5.41) is 4.19. The number of aryl methyl sites for hydroxylation is 1. The fourth-order valence-corrected chi connectivity index (χ4v) is 3.47. The van der Waals surface area contributed by atoms with E-state index in [1.54, 1.807) is 0 Å². The van der Waals surface area contributed by atoms with Crippen LogP contribution in [0.5, 0.6) is 0 Å². The average Bonchev–Trinajstić information content (AvgIpc) is 2.89. The Hall–Kier alpha value is -1.29. The Morgan fingerprint density at radius 2 is 2.06 bits per heavy atom. The van der Waals surface area contributed by atoms with Crippen molar-refractivity contribution in [2.75, 3.05) is 17.6 Å². The Morgan fingerprint density at radius 3 is 2.78 bits per heavy atom. The second-order valence-electron chi connectivity index (χ2n) is 4.66. The van der Waals surface area contributed by atoms with Crippen LogP contribution in [0.25, 0.3) is 11.0 Å². The normalized spacial score (nSPS) is 19.3. The molecule has 18 heavy (non-hydrogen) atoms. The van der Waals surface area contributed by atoms with E-state index < -0.39 is 0 Å². The molecule has 0 bridgehead atoms. The Morgan fingerprint density at radius 1 is 1.28 bits per heavy atom. The number of aromatic nitrogens is 2. The van der Waals surface area contributed by atoms with Crippen LogP contribution in [0.4, 0.5) is 5.82 Å². The van der Waals surface area contributed by atoms with Crippen LogP contribution in [0, 0.1) is 6.92 Å². The van der Waals surface area contributed by atoms with Crippen LogP contribution < -0.4 is 5.32 Å². The first kappa shape index (κ1) is 11.8. The van der Waals surface area contributed by atoms with E-state index in [4.69, 9.17) is 0 Å². The van der Waals surface area contributed by atoms with Crippen molar-refractivity contribution in [2.24, 2.45) is 0 Å². The van der Waals surface area contributed by atoms with Gasteiger partial charge in [-0.25, -0.2) is 9.97 Å². The van der Waals surface area contributed by atoms with Crippen molar-refractivity contribution in [1.29, 1.82) is 0 Å². The van der Waals surface area contributed by atoms with E-state index in [9.17, 15) is 0 Å². The van der Waals surface area contributed by atoms with Crippen LogP contribution >= 0.6 is 11.8 Å². The van der Waals surface area contributed by atoms with Crippen molar-refractivity contribution in [3.63, 3.8) is 0 Å². The van der Waals surface area contributed by atoms with E-state index in [0.717, 1.165) is 34.3 Å². The lowest BCUT2D eigenvalue weighted by atomic mass is 10.2. The minimum Gasteiger partial charge on any atom is -0.367 e. The molecule has 3 nitrogen and oxygen atoms in total. The Bertz CT molecular complexity index is 550. The number of para-hydroxylation sites is 2. The first-order chi connectivity index (χ1) is 8.83. The zero-order valence-electron chi connectivity index (χ0n) is 10.5. The number of nitrogens with one attached hydrogen (secondary N) is 1. The minimum absolute atomic E-state index is 0.734. The molecular weight excluding hydrogens is 242 g/mol. The first-order valence-corrected chi connectivity index (χ1v) is 7.46. The number of hydrogen-bond acceptors (Lipinski definition) is 4. The number of nitrogens with zero attached hydrogens (tertiary/aromatic N) is 2. The average molecular weight is 259 g/mol. The number of hydrogen-bond donors (Lipinski definition) is 1. The third kappa shape index (κ3) is 2.43. The maximum Gasteiger partial charge on any atom is 0.148 e. The molecule has 2 aromatic rings. The van der Waals surface area contributed by atoms with Gasteiger partial charge in [0.05, 0.1) is 16.7 Å². The first-order valence-electron chi connectivity index (χ1n) is 6.42. The fraction of sp³-hybridized carbons (Fsp3) is 0.429. The lowest BCUT2D eigenvalue weighted by molar-refractivity contribution is 0.802. The number of anilines is 1. The molecule has 0 saturated carbocycles. The molecule has 4 heteroatoms. The number of fused-ring (bicyclic) bond motifs is 1. The molecule has 1 aliphatic rings. The molecule has 1 saturated heterocycles. The van der Waals surface area contributed by atoms with Gasteiger partial charge in [-0.05, 0) is 37.7 Å². The zero-order valence-corrected chi connectivity index (χ0v) is 11.3. The molecule has 1 aromatic carbocycles. The largest absolute Gasteiger partial charge is 0.367 e. The predicted molar refractivity (Wildman–Crippen MR) is 78.2 cm³/mol. The zero-order chi connectivity index (χ0) is 12.4. The van der Waals surface area contributed by atoms with Gasteiger partial charge < -0.3 is 5.32 Å². The van der Waals surface area contributed by atoms with Crippen LogP contribution in [0.15, 0.2) is 24.3 Å². The Balaban J connectivity index is 1.80. The lowest BCUT2D eigenvalue weighted by Crippen LogP contribution is -2.15. The van der Waals surface area contributed by atoms with Gasteiger partial charge in [0.2, 0.25) is 0 Å². The molecular formula is C14H17N3S. The smallest absolute Gasteiger partial charge is 0.148 e. The number of thioether (sulfide) groups is 1. The van der Waals surface area contributed by atoms with Gasteiger partial charge in [0.25, 0.3) is 0 Å². The summed E-state index contributed by atoms with van der Waals surface area (Å²) in [4.78, 5) is 9.24. The van der Waals surface area contributed by atoms with Gasteiger partial charge in [-0.2, -0.15) is 11.8 Å². The molecule has 0 amide bonds. The molecule has 3 rings (SSSR count). The van der Waals surface area contributed by atoms with Crippen LogP contribution in [-0.2, 0) is 0 Å². The summed E-state index contributed by atoms with van der Waals surface area (Å²) >= 11 is 2.06. The topological polar surface area (TPSA) is 37.8 Å². The molecule has 0 radical (unpaired) electrons. The molecule has 2 heterocycles. The van der Waals surface area contributed by atoms with Gasteiger partial charge in [-0.15, -0.1) is 0 Å². The fourth-order valence-electron chi connectivity index (χ4n) is 2.27. The van der Waals surface area contributed by atoms with Crippen LogP contribution in [-0.4, -0.2) is 27.5 Å². The summed E-state index contributed by atoms with van der Waals surface area (Å²) in [5.41, 5.74) is 2.91. The summed E-state index contributed by atoms with van der Waals surface area (Å²) in [5.74, 6) is 2.23. The highest BCUT2D eigenvalue weighted by Crippen LogP contribution is 2.26. The monoisotopic (exact) mass is 259 g/mol. The summed E-state index contributed by atoms with van der Waals surface area (Å²) in [6, 6.07) is 8.02. The van der Waals surface area contributed by atoms with Crippen LogP contribution in [0.1, 0.15) is 18.5 Å². The molecule has 0 aliphatic carbocycles. The molecule has 1 aliphatic heterocycles. The van der Waals surface area contributed by atoms with Crippen molar-refractivity contribution in [1.82, 2.24) is 9.97 Å². The van der Waals surface area contributed by atoms with E-state index in [-0.39, 0.29) is 0 Å². The van der Waals surface area contributed by atoms with Gasteiger partial charge in [-0.3, -0.25) is 0 Å². The molecule has 94 valence electrons. The Kier molecular flexibility index (Phi) is 3.37. The van der Waals surface area contributed by atoms with E-state index in [2.05, 4.69) is 27.0 Å². The molecule has 1 unspecified atom stereocenters. The van der Waals surface area contributed by atoms with Crippen molar-refractivity contribution in [2.45, 2.75) is 25.0 Å². The van der Waals surface area contributed by atoms with Crippen molar-refractivity contribution < 1.29 is 0 Å². The highest BCUT2D eigenvalue weighted by atomic mass is 32.2.